The fourth-order valence-corrected chi connectivity index (χ4v) is 4.32. The monoisotopic (exact) mass is 464 g/mol. The van der Waals surface area contributed by atoms with E-state index < -0.39 is 5.82 Å². The third-order valence-corrected chi connectivity index (χ3v) is 6.28. The second kappa shape index (κ2) is 10.7. The summed E-state index contributed by atoms with van der Waals surface area (Å²) in [6.45, 7) is 3.61. The maximum Gasteiger partial charge on any atom is 0.251 e. The van der Waals surface area contributed by atoms with Gasteiger partial charge in [-0.25, -0.2) is 8.78 Å². The quantitative estimate of drug-likeness (QED) is 0.565. The molecule has 178 valence electrons. The van der Waals surface area contributed by atoms with Gasteiger partial charge in [0.1, 0.15) is 11.6 Å². The molecule has 0 aliphatic carbocycles. The van der Waals surface area contributed by atoms with Crippen molar-refractivity contribution in [2.24, 2.45) is 0 Å². The van der Waals surface area contributed by atoms with Gasteiger partial charge in [0.25, 0.3) is 5.91 Å². The van der Waals surface area contributed by atoms with E-state index in [1.165, 1.54) is 30.3 Å². The van der Waals surface area contributed by atoms with Gasteiger partial charge in [-0.15, -0.1) is 0 Å². The Hall–Kier alpha value is -3.45. The van der Waals surface area contributed by atoms with Crippen LogP contribution in [0.5, 0.6) is 0 Å². The number of nitrogens with zero attached hydrogens (tertiary/aromatic N) is 3. The molecule has 1 aliphatic heterocycles. The predicted molar refractivity (Wildman–Crippen MR) is 132 cm³/mol. The van der Waals surface area contributed by atoms with Crippen LogP contribution in [0.3, 0.4) is 0 Å². The van der Waals surface area contributed by atoms with E-state index in [0.717, 1.165) is 43.1 Å². The number of carbonyl (C=O) groups excluding carboxylic acids is 1. The molecule has 3 aromatic rings. The first kappa shape index (κ1) is 23.7. The van der Waals surface area contributed by atoms with E-state index in [1.807, 2.05) is 31.1 Å². The van der Waals surface area contributed by atoms with E-state index in [1.54, 1.807) is 6.07 Å². The average Bonchev–Trinajstić information content (AvgIpc) is 2.85. The molecule has 3 aromatic carbocycles. The van der Waals surface area contributed by atoms with Gasteiger partial charge in [0, 0.05) is 63.8 Å². The van der Waals surface area contributed by atoms with Gasteiger partial charge < -0.3 is 15.1 Å². The molecule has 7 heteroatoms. The van der Waals surface area contributed by atoms with Crippen molar-refractivity contribution in [3.63, 3.8) is 0 Å². The molecular formula is C27H30F2N4O. The van der Waals surface area contributed by atoms with Gasteiger partial charge in [-0.05, 0) is 60.2 Å². The molecule has 0 unspecified atom stereocenters. The highest BCUT2D eigenvalue weighted by atomic mass is 19.1. The topological polar surface area (TPSA) is 38.8 Å². The zero-order valence-corrected chi connectivity index (χ0v) is 19.5. The fourth-order valence-electron chi connectivity index (χ4n) is 4.32. The molecule has 1 amide bonds. The average molecular weight is 465 g/mol. The van der Waals surface area contributed by atoms with Crippen LogP contribution in [-0.2, 0) is 0 Å². The summed E-state index contributed by atoms with van der Waals surface area (Å²) < 4.78 is 26.9. The number of rotatable bonds is 7. The van der Waals surface area contributed by atoms with Crippen LogP contribution in [-0.4, -0.2) is 57.6 Å². The lowest BCUT2D eigenvalue weighted by Crippen LogP contribution is -2.50. The van der Waals surface area contributed by atoms with Crippen molar-refractivity contribution >= 4 is 17.3 Å². The van der Waals surface area contributed by atoms with Crippen molar-refractivity contribution in [2.75, 3.05) is 56.6 Å². The van der Waals surface area contributed by atoms with Crippen molar-refractivity contribution in [2.45, 2.75) is 6.04 Å². The van der Waals surface area contributed by atoms with Crippen LogP contribution in [0.25, 0.3) is 0 Å². The number of halogens is 2. The maximum absolute atomic E-state index is 13.6. The molecule has 1 atom stereocenters. The van der Waals surface area contributed by atoms with Crippen LogP contribution in [0.1, 0.15) is 22.0 Å². The Morgan fingerprint density at radius 1 is 0.912 bits per heavy atom. The largest absolute Gasteiger partial charge is 0.378 e. The highest BCUT2D eigenvalue weighted by molar-refractivity contribution is 5.94. The Morgan fingerprint density at radius 3 is 2.21 bits per heavy atom. The van der Waals surface area contributed by atoms with Crippen LogP contribution in [0.15, 0.2) is 72.8 Å². The van der Waals surface area contributed by atoms with Crippen molar-refractivity contribution in [1.29, 1.82) is 0 Å². The van der Waals surface area contributed by atoms with E-state index in [9.17, 15) is 13.6 Å². The first-order valence-electron chi connectivity index (χ1n) is 11.5. The number of nitrogens with one attached hydrogen (secondary N) is 1. The zero-order chi connectivity index (χ0) is 24.1. The van der Waals surface area contributed by atoms with Crippen LogP contribution >= 0.6 is 0 Å². The van der Waals surface area contributed by atoms with E-state index in [0.29, 0.717) is 12.1 Å². The third kappa shape index (κ3) is 5.72. The molecule has 1 aliphatic rings. The normalized spacial score (nSPS) is 15.1. The summed E-state index contributed by atoms with van der Waals surface area (Å²) in [7, 11) is 4.00. The molecule has 0 radical (unpaired) electrons. The molecule has 1 saturated heterocycles. The van der Waals surface area contributed by atoms with Gasteiger partial charge in [0.2, 0.25) is 0 Å². The standard InChI is InChI=1S/C27H30F2N4O/c1-31(2)24-10-6-20(7-11-24)26(19-30-27(34)21-4-3-5-23(29)18-21)33-16-14-32(15-17-33)25-12-8-22(28)9-13-25/h3-13,18,26H,14-17,19H2,1-2H3,(H,30,34)/t26-/m1/s1. The second-order valence-electron chi connectivity index (χ2n) is 8.72. The van der Waals surface area contributed by atoms with E-state index in [4.69, 9.17) is 0 Å². The summed E-state index contributed by atoms with van der Waals surface area (Å²) >= 11 is 0. The molecule has 5 nitrogen and oxygen atoms in total. The number of benzene rings is 3. The van der Waals surface area contributed by atoms with Gasteiger partial charge in [0.05, 0.1) is 6.04 Å². The number of amides is 1. The molecule has 0 aromatic heterocycles. The van der Waals surface area contributed by atoms with Crippen molar-refractivity contribution in [3.8, 4) is 0 Å². The van der Waals surface area contributed by atoms with E-state index >= 15 is 0 Å². The molecule has 4 rings (SSSR count). The predicted octanol–water partition coefficient (Wildman–Crippen LogP) is 4.32. The highest BCUT2D eigenvalue weighted by Crippen LogP contribution is 2.26. The molecule has 0 saturated carbocycles. The third-order valence-electron chi connectivity index (χ3n) is 6.28. The van der Waals surface area contributed by atoms with Crippen LogP contribution in [0.2, 0.25) is 0 Å². The Labute approximate surface area is 199 Å². The minimum Gasteiger partial charge on any atom is -0.378 e. The van der Waals surface area contributed by atoms with Gasteiger partial charge in [-0.1, -0.05) is 18.2 Å². The smallest absolute Gasteiger partial charge is 0.251 e. The highest BCUT2D eigenvalue weighted by Gasteiger charge is 2.26. The van der Waals surface area contributed by atoms with Crippen LogP contribution in [0, 0.1) is 11.6 Å². The molecule has 0 spiro atoms. The summed E-state index contributed by atoms with van der Waals surface area (Å²) in [5, 5.41) is 3.00. The number of carbonyl (C=O) groups is 1. The lowest BCUT2D eigenvalue weighted by molar-refractivity contribution is 0.0929. The summed E-state index contributed by atoms with van der Waals surface area (Å²) in [5.74, 6) is -0.961. The Morgan fingerprint density at radius 2 is 1.59 bits per heavy atom. The van der Waals surface area contributed by atoms with Crippen molar-refractivity contribution in [3.05, 3.63) is 95.6 Å². The maximum atomic E-state index is 13.6. The lowest BCUT2D eigenvalue weighted by Gasteiger charge is -2.40. The summed E-state index contributed by atoms with van der Waals surface area (Å²) in [5.41, 5.74) is 3.53. The van der Waals surface area contributed by atoms with E-state index in [2.05, 4.69) is 39.4 Å². The molecule has 1 N–H and O–H groups in total. The van der Waals surface area contributed by atoms with Gasteiger partial charge in [0.15, 0.2) is 0 Å². The number of anilines is 2. The van der Waals surface area contributed by atoms with E-state index in [-0.39, 0.29) is 17.8 Å². The fraction of sp³-hybridized carbons (Fsp3) is 0.296. The van der Waals surface area contributed by atoms with Gasteiger partial charge in [-0.2, -0.15) is 0 Å². The first-order valence-corrected chi connectivity index (χ1v) is 11.5. The molecule has 0 bridgehead atoms. The Kier molecular flexibility index (Phi) is 7.43. The molecule has 1 fully saturated rings. The second-order valence-corrected chi connectivity index (χ2v) is 8.72. The minimum atomic E-state index is -0.430. The van der Waals surface area contributed by atoms with Gasteiger partial charge >= 0.3 is 0 Å². The number of hydrogen-bond acceptors (Lipinski definition) is 4. The summed E-state index contributed by atoms with van der Waals surface area (Å²) in [4.78, 5) is 19.3. The van der Waals surface area contributed by atoms with Crippen LogP contribution in [0.4, 0.5) is 20.2 Å². The zero-order valence-electron chi connectivity index (χ0n) is 19.5. The van der Waals surface area contributed by atoms with Gasteiger partial charge in [-0.3, -0.25) is 9.69 Å². The lowest BCUT2D eigenvalue weighted by atomic mass is 10.0. The Bertz CT molecular complexity index is 1090. The Balaban J connectivity index is 1.48. The van der Waals surface area contributed by atoms with Crippen molar-refractivity contribution < 1.29 is 13.6 Å². The summed E-state index contributed by atoms with van der Waals surface area (Å²) in [6, 6.07) is 20.6. The SMILES string of the molecule is CN(C)c1ccc([C@@H](CNC(=O)c2cccc(F)c2)N2CCN(c3ccc(F)cc3)CC2)cc1. The first-order chi connectivity index (χ1) is 16.4. The molecule has 1 heterocycles. The van der Waals surface area contributed by atoms with Crippen LogP contribution < -0.4 is 15.1 Å². The molecule has 34 heavy (non-hydrogen) atoms. The van der Waals surface area contributed by atoms with Crippen molar-refractivity contribution in [1.82, 2.24) is 10.2 Å². The number of hydrogen-bond donors (Lipinski definition) is 1. The summed E-state index contributed by atoms with van der Waals surface area (Å²) in [6.07, 6.45) is 0. The minimum absolute atomic E-state index is 0.0240. The molecular weight excluding hydrogens is 434 g/mol. The number of piperazine rings is 1.